The summed E-state index contributed by atoms with van der Waals surface area (Å²) in [7, 11) is 0. The first-order valence-corrected chi connectivity index (χ1v) is 24.3. The Morgan fingerprint density at radius 3 is 1.76 bits per heavy atom. The van der Waals surface area contributed by atoms with Gasteiger partial charge in [-0.2, -0.15) is 0 Å². The molecule has 1 atom stereocenters. The van der Waals surface area contributed by atoms with Crippen molar-refractivity contribution in [2.75, 3.05) is 0 Å². The third-order valence-corrected chi connectivity index (χ3v) is 15.9. The normalized spacial score (nSPS) is 14.6. The number of hydrogen-bond donors (Lipinski definition) is 2. The second kappa shape index (κ2) is 13.9. The summed E-state index contributed by atoms with van der Waals surface area (Å²) in [5.41, 5.74) is 17.7. The lowest BCUT2D eigenvalue weighted by atomic mass is 9.66. The number of aromatic amines is 2. The summed E-state index contributed by atoms with van der Waals surface area (Å²) >= 11 is 0. The van der Waals surface area contributed by atoms with Gasteiger partial charge in [-0.25, -0.2) is 0 Å². The minimum absolute atomic E-state index is 0.587. The van der Waals surface area contributed by atoms with Crippen LogP contribution in [0.2, 0.25) is 0 Å². The molecule has 16 rings (SSSR count). The first-order chi connectivity index (χ1) is 34.7. The average molecular weight is 888 g/mol. The molecular formula is C67H41N3. The van der Waals surface area contributed by atoms with E-state index in [1.807, 2.05) is 0 Å². The molecule has 12 aromatic carbocycles. The van der Waals surface area contributed by atoms with Crippen molar-refractivity contribution in [1.82, 2.24) is 14.5 Å². The van der Waals surface area contributed by atoms with E-state index in [0.29, 0.717) is 0 Å². The molecule has 15 aromatic rings. The molecule has 3 aromatic heterocycles. The van der Waals surface area contributed by atoms with Gasteiger partial charge in [0.25, 0.3) is 0 Å². The predicted octanol–water partition coefficient (Wildman–Crippen LogP) is 17.5. The fraction of sp³-hybridized carbons (Fsp3) is 0.0149. The van der Waals surface area contributed by atoms with Crippen molar-refractivity contribution in [3.8, 4) is 27.9 Å². The van der Waals surface area contributed by atoms with E-state index < -0.39 is 5.41 Å². The van der Waals surface area contributed by atoms with Gasteiger partial charge in [0.2, 0.25) is 0 Å². The molecule has 1 aliphatic carbocycles. The summed E-state index contributed by atoms with van der Waals surface area (Å²) in [6, 6.07) is 88.2. The van der Waals surface area contributed by atoms with Crippen LogP contribution in [0.3, 0.4) is 0 Å². The van der Waals surface area contributed by atoms with Crippen molar-refractivity contribution in [2.24, 2.45) is 0 Å². The van der Waals surface area contributed by atoms with Crippen LogP contribution in [0.1, 0.15) is 22.3 Å². The van der Waals surface area contributed by atoms with Crippen LogP contribution in [-0.4, -0.2) is 14.5 Å². The van der Waals surface area contributed by atoms with E-state index in [2.05, 4.69) is 251 Å². The molecule has 70 heavy (non-hydrogen) atoms. The van der Waals surface area contributed by atoms with Crippen molar-refractivity contribution in [3.63, 3.8) is 0 Å². The lowest BCUT2D eigenvalue weighted by Crippen LogP contribution is -2.28. The second-order valence-electron chi connectivity index (χ2n) is 19.3. The molecule has 0 aliphatic heterocycles. The zero-order chi connectivity index (χ0) is 45.7. The van der Waals surface area contributed by atoms with E-state index >= 15 is 0 Å². The zero-order valence-electron chi connectivity index (χ0n) is 38.0. The molecule has 0 amide bonds. The quantitative estimate of drug-likeness (QED) is 0.177. The Hall–Kier alpha value is -9.18. The lowest BCUT2D eigenvalue weighted by molar-refractivity contribution is 0.776. The SMILES string of the molecule is c1ccc(-n2c3ccc4ccccc4c3c3ccc4c5ccc(-c6ccc(C7(c8ccccc8)c8ccc9c([nH]c%10cc%11ccccc%11cc%109)c8-c8ccc9ccccc9c87)cc6)cc5[nH]c4c32)cc1. The number of fused-ring (bicyclic) bond motifs is 19. The van der Waals surface area contributed by atoms with Crippen molar-refractivity contribution in [3.05, 3.63) is 259 Å². The maximum absolute atomic E-state index is 3.99. The van der Waals surface area contributed by atoms with Gasteiger partial charge in [-0.1, -0.05) is 200 Å². The number of nitrogens with zero attached hydrogens (tertiary/aromatic N) is 1. The van der Waals surface area contributed by atoms with Crippen LogP contribution in [0, 0.1) is 0 Å². The molecular weight excluding hydrogens is 847 g/mol. The van der Waals surface area contributed by atoms with Gasteiger partial charge >= 0.3 is 0 Å². The van der Waals surface area contributed by atoms with E-state index in [0.717, 1.165) is 22.2 Å². The maximum Gasteiger partial charge on any atom is 0.0783 e. The molecule has 0 saturated carbocycles. The Kier molecular flexibility index (Phi) is 7.54. The lowest BCUT2D eigenvalue weighted by Gasteiger charge is -2.34. The predicted molar refractivity (Wildman–Crippen MR) is 295 cm³/mol. The highest BCUT2D eigenvalue weighted by Gasteiger charge is 2.48. The molecule has 2 N–H and O–H groups in total. The molecule has 0 bridgehead atoms. The van der Waals surface area contributed by atoms with Crippen LogP contribution in [0.5, 0.6) is 0 Å². The Morgan fingerprint density at radius 2 is 0.943 bits per heavy atom. The van der Waals surface area contributed by atoms with Gasteiger partial charge in [0, 0.05) is 54.6 Å². The smallest absolute Gasteiger partial charge is 0.0783 e. The topological polar surface area (TPSA) is 36.5 Å². The Labute approximate surface area is 402 Å². The molecule has 0 saturated heterocycles. The monoisotopic (exact) mass is 887 g/mol. The minimum Gasteiger partial charge on any atom is -0.354 e. The van der Waals surface area contributed by atoms with E-state index in [-0.39, 0.29) is 0 Å². The van der Waals surface area contributed by atoms with Gasteiger partial charge in [-0.3, -0.25) is 0 Å². The largest absolute Gasteiger partial charge is 0.354 e. The summed E-state index contributed by atoms with van der Waals surface area (Å²) in [5, 5.41) is 15.0. The van der Waals surface area contributed by atoms with Gasteiger partial charge < -0.3 is 14.5 Å². The second-order valence-corrected chi connectivity index (χ2v) is 19.3. The first-order valence-electron chi connectivity index (χ1n) is 24.3. The zero-order valence-corrected chi connectivity index (χ0v) is 38.0. The van der Waals surface area contributed by atoms with Crippen molar-refractivity contribution in [1.29, 1.82) is 0 Å². The van der Waals surface area contributed by atoms with Crippen LogP contribution in [0.4, 0.5) is 0 Å². The van der Waals surface area contributed by atoms with Crippen molar-refractivity contribution < 1.29 is 0 Å². The van der Waals surface area contributed by atoms with Crippen LogP contribution in [-0.2, 0) is 5.41 Å². The standard InChI is InChI=1S/C67H41N3/c1-3-17-46(18-4-1)67(57-35-34-53-56-37-43-15-7-8-16-44(43)38-59(56)68-64(53)62(57)54-31-25-42-14-10-12-22-50(42)63(54)67)47-28-23-40(24-29-47)45-26-30-51-52-32-33-55-61-49-21-11-9-13-41(49)27-36-60(61)70(48-19-5-2-6-20-48)66(55)65(52)69-58(51)39-45/h1-39,68-69H. The molecule has 1 unspecified atom stereocenters. The molecule has 3 heteroatoms. The number of para-hydroxylation sites is 1. The Bertz CT molecular complexity index is 4690. The van der Waals surface area contributed by atoms with Gasteiger partial charge in [0.15, 0.2) is 0 Å². The Balaban J connectivity index is 0.903. The summed E-state index contributed by atoms with van der Waals surface area (Å²) < 4.78 is 2.45. The van der Waals surface area contributed by atoms with Gasteiger partial charge in [0.1, 0.15) is 0 Å². The van der Waals surface area contributed by atoms with Crippen molar-refractivity contribution >= 4 is 97.7 Å². The minimum atomic E-state index is -0.587. The Morgan fingerprint density at radius 1 is 0.357 bits per heavy atom. The van der Waals surface area contributed by atoms with Crippen LogP contribution in [0.25, 0.3) is 126 Å². The molecule has 1 aliphatic rings. The highest BCUT2D eigenvalue weighted by molar-refractivity contribution is 6.28. The highest BCUT2D eigenvalue weighted by Crippen LogP contribution is 2.60. The van der Waals surface area contributed by atoms with Gasteiger partial charge in [-0.05, 0) is 108 Å². The third-order valence-electron chi connectivity index (χ3n) is 15.9. The highest BCUT2D eigenvalue weighted by atomic mass is 15.0. The molecule has 0 fully saturated rings. The maximum atomic E-state index is 3.99. The fourth-order valence-electron chi connectivity index (χ4n) is 12.9. The van der Waals surface area contributed by atoms with Crippen LogP contribution < -0.4 is 0 Å². The van der Waals surface area contributed by atoms with Gasteiger partial charge in [0.05, 0.1) is 27.5 Å². The number of rotatable bonds is 4. The fourth-order valence-corrected chi connectivity index (χ4v) is 12.9. The van der Waals surface area contributed by atoms with E-state index in [4.69, 9.17) is 0 Å². The third kappa shape index (κ3) is 4.97. The summed E-state index contributed by atoms with van der Waals surface area (Å²) in [4.78, 5) is 7.97. The molecule has 0 spiro atoms. The summed E-state index contributed by atoms with van der Waals surface area (Å²) in [5.74, 6) is 0. The van der Waals surface area contributed by atoms with Crippen LogP contribution in [0.15, 0.2) is 237 Å². The molecule has 3 nitrogen and oxygen atoms in total. The van der Waals surface area contributed by atoms with Gasteiger partial charge in [-0.15, -0.1) is 0 Å². The average Bonchev–Trinajstić information content (AvgIpc) is 4.18. The molecule has 3 heterocycles. The summed E-state index contributed by atoms with van der Waals surface area (Å²) in [6.07, 6.45) is 0. The first kappa shape index (κ1) is 37.9. The van der Waals surface area contributed by atoms with E-state index in [1.165, 1.54) is 126 Å². The number of nitrogens with one attached hydrogen (secondary N) is 2. The molecule has 324 valence electrons. The summed E-state index contributed by atoms with van der Waals surface area (Å²) in [6.45, 7) is 0. The number of aromatic nitrogens is 3. The van der Waals surface area contributed by atoms with Crippen molar-refractivity contribution in [2.45, 2.75) is 5.41 Å². The van der Waals surface area contributed by atoms with E-state index in [1.54, 1.807) is 0 Å². The van der Waals surface area contributed by atoms with E-state index in [9.17, 15) is 0 Å². The number of benzene rings is 12. The van der Waals surface area contributed by atoms with Crippen LogP contribution >= 0.6 is 0 Å². The number of hydrogen-bond acceptors (Lipinski definition) is 0. The number of H-pyrrole nitrogens is 2. The molecule has 0 radical (unpaired) electrons.